The first-order chi connectivity index (χ1) is 10.5. The summed E-state index contributed by atoms with van der Waals surface area (Å²) >= 11 is 1.60. The van der Waals surface area contributed by atoms with Crippen LogP contribution in [-0.4, -0.2) is 25.3 Å². The van der Waals surface area contributed by atoms with Gasteiger partial charge in [-0.05, 0) is 60.1 Å². The van der Waals surface area contributed by atoms with Gasteiger partial charge in [-0.2, -0.15) is 4.31 Å². The SMILES string of the molecule is CCC1CC2(CCC2)CN1S(=O)(=O)c1ccc2ccsc2c1. The number of hydrogen-bond donors (Lipinski definition) is 0. The van der Waals surface area contributed by atoms with Crippen LogP contribution in [-0.2, 0) is 10.0 Å². The van der Waals surface area contributed by atoms with Gasteiger partial charge >= 0.3 is 0 Å². The number of rotatable bonds is 3. The third-order valence-electron chi connectivity index (χ3n) is 5.49. The predicted octanol–water partition coefficient (Wildman–Crippen LogP) is 4.24. The van der Waals surface area contributed by atoms with Crippen LogP contribution >= 0.6 is 11.3 Å². The van der Waals surface area contributed by atoms with E-state index in [1.165, 1.54) is 19.3 Å². The average Bonchev–Trinajstić information content (AvgIpc) is 3.10. The summed E-state index contributed by atoms with van der Waals surface area (Å²) in [5.41, 5.74) is 0.279. The highest BCUT2D eigenvalue weighted by atomic mass is 32.2. The van der Waals surface area contributed by atoms with Gasteiger partial charge in [0.25, 0.3) is 0 Å². The van der Waals surface area contributed by atoms with E-state index in [4.69, 9.17) is 0 Å². The molecule has 1 aliphatic heterocycles. The second-order valence-electron chi connectivity index (χ2n) is 6.79. The van der Waals surface area contributed by atoms with Crippen molar-refractivity contribution in [1.82, 2.24) is 4.31 Å². The van der Waals surface area contributed by atoms with Gasteiger partial charge in [0.2, 0.25) is 10.0 Å². The summed E-state index contributed by atoms with van der Waals surface area (Å²) in [6.45, 7) is 2.82. The van der Waals surface area contributed by atoms with Crippen LogP contribution in [0, 0.1) is 5.41 Å². The zero-order valence-corrected chi connectivity index (χ0v) is 14.4. The molecule has 4 rings (SSSR count). The molecule has 1 aromatic carbocycles. The number of nitrogens with zero attached hydrogens (tertiary/aromatic N) is 1. The Balaban J connectivity index is 1.72. The zero-order chi connectivity index (χ0) is 15.4. The molecule has 0 bridgehead atoms. The number of fused-ring (bicyclic) bond motifs is 1. The maximum absolute atomic E-state index is 13.1. The monoisotopic (exact) mass is 335 g/mol. The van der Waals surface area contributed by atoms with Gasteiger partial charge in [0.15, 0.2) is 0 Å². The molecule has 1 aromatic heterocycles. The molecule has 1 atom stereocenters. The van der Waals surface area contributed by atoms with Gasteiger partial charge in [-0.3, -0.25) is 0 Å². The van der Waals surface area contributed by atoms with Crippen LogP contribution in [0.15, 0.2) is 34.5 Å². The first-order valence-electron chi connectivity index (χ1n) is 8.03. The van der Waals surface area contributed by atoms with Crippen molar-refractivity contribution in [2.45, 2.75) is 50.0 Å². The van der Waals surface area contributed by atoms with E-state index in [0.29, 0.717) is 4.90 Å². The summed E-state index contributed by atoms with van der Waals surface area (Å²) in [5, 5.41) is 3.13. The predicted molar refractivity (Wildman–Crippen MR) is 90.7 cm³/mol. The van der Waals surface area contributed by atoms with Gasteiger partial charge in [-0.1, -0.05) is 19.4 Å². The van der Waals surface area contributed by atoms with Crippen LogP contribution in [0.3, 0.4) is 0 Å². The second kappa shape index (κ2) is 5.05. The van der Waals surface area contributed by atoms with Crippen LogP contribution in [0.2, 0.25) is 0 Å². The van der Waals surface area contributed by atoms with E-state index in [0.717, 1.165) is 29.5 Å². The largest absolute Gasteiger partial charge is 0.243 e. The topological polar surface area (TPSA) is 37.4 Å². The van der Waals surface area contributed by atoms with Crippen molar-refractivity contribution in [2.75, 3.05) is 6.54 Å². The van der Waals surface area contributed by atoms with E-state index in [1.807, 2.05) is 23.6 Å². The molecule has 1 unspecified atom stereocenters. The molecule has 0 amide bonds. The van der Waals surface area contributed by atoms with Crippen molar-refractivity contribution < 1.29 is 8.42 Å². The van der Waals surface area contributed by atoms with Crippen LogP contribution in [0.5, 0.6) is 0 Å². The third kappa shape index (κ3) is 2.14. The van der Waals surface area contributed by atoms with Crippen molar-refractivity contribution in [2.24, 2.45) is 5.41 Å². The highest BCUT2D eigenvalue weighted by Crippen LogP contribution is 2.52. The van der Waals surface area contributed by atoms with Gasteiger partial charge in [0.1, 0.15) is 0 Å². The number of hydrogen-bond acceptors (Lipinski definition) is 3. The van der Waals surface area contributed by atoms with Crippen LogP contribution < -0.4 is 0 Å². The lowest BCUT2D eigenvalue weighted by Gasteiger charge is -2.38. The first kappa shape index (κ1) is 14.7. The summed E-state index contributed by atoms with van der Waals surface area (Å²) in [6.07, 6.45) is 5.59. The summed E-state index contributed by atoms with van der Waals surface area (Å²) in [6, 6.07) is 7.74. The molecule has 1 aliphatic carbocycles. The van der Waals surface area contributed by atoms with Crippen molar-refractivity contribution in [3.05, 3.63) is 29.6 Å². The smallest absolute Gasteiger partial charge is 0.207 e. The van der Waals surface area contributed by atoms with Gasteiger partial charge in [-0.25, -0.2) is 8.42 Å². The number of benzene rings is 1. The highest BCUT2D eigenvalue weighted by molar-refractivity contribution is 7.89. The van der Waals surface area contributed by atoms with Gasteiger partial charge < -0.3 is 0 Å². The van der Waals surface area contributed by atoms with Crippen molar-refractivity contribution in [3.8, 4) is 0 Å². The molecule has 0 radical (unpaired) electrons. The van der Waals surface area contributed by atoms with Crippen molar-refractivity contribution >= 4 is 31.4 Å². The molecule has 2 aromatic rings. The van der Waals surface area contributed by atoms with Gasteiger partial charge in [-0.15, -0.1) is 11.3 Å². The normalized spacial score (nSPS) is 24.9. The van der Waals surface area contributed by atoms with Crippen LogP contribution in [0.25, 0.3) is 10.1 Å². The lowest BCUT2D eigenvalue weighted by Crippen LogP contribution is -2.37. The average molecular weight is 335 g/mol. The Morgan fingerprint density at radius 1 is 1.32 bits per heavy atom. The van der Waals surface area contributed by atoms with Gasteiger partial charge in [0, 0.05) is 17.3 Å². The fraction of sp³-hybridized carbons (Fsp3) is 0.529. The summed E-state index contributed by atoms with van der Waals surface area (Å²) in [4.78, 5) is 0.456. The lowest BCUT2D eigenvalue weighted by atomic mass is 9.67. The highest BCUT2D eigenvalue weighted by Gasteiger charge is 2.50. The number of sulfonamides is 1. The van der Waals surface area contributed by atoms with E-state index in [-0.39, 0.29) is 11.5 Å². The third-order valence-corrected chi connectivity index (χ3v) is 8.26. The summed E-state index contributed by atoms with van der Waals surface area (Å²) < 4.78 is 29.1. The van der Waals surface area contributed by atoms with E-state index in [9.17, 15) is 8.42 Å². The molecule has 5 heteroatoms. The maximum Gasteiger partial charge on any atom is 0.243 e. The Bertz CT molecular complexity index is 805. The Hall–Kier alpha value is -0.910. The molecule has 3 nitrogen and oxygen atoms in total. The molecule has 2 aliphatic rings. The van der Waals surface area contributed by atoms with Crippen molar-refractivity contribution in [1.29, 1.82) is 0 Å². The molecule has 1 spiro atoms. The molecule has 2 heterocycles. The molecule has 2 fully saturated rings. The summed E-state index contributed by atoms with van der Waals surface area (Å²) in [7, 11) is -3.38. The molecule has 0 N–H and O–H groups in total. The Labute approximate surface area is 136 Å². The second-order valence-corrected chi connectivity index (χ2v) is 9.63. The molecule has 22 heavy (non-hydrogen) atoms. The lowest BCUT2D eigenvalue weighted by molar-refractivity contribution is 0.152. The quantitative estimate of drug-likeness (QED) is 0.841. The van der Waals surface area contributed by atoms with E-state index < -0.39 is 10.0 Å². The Kier molecular flexibility index (Phi) is 3.36. The Morgan fingerprint density at radius 2 is 2.14 bits per heavy atom. The van der Waals surface area contributed by atoms with E-state index >= 15 is 0 Å². The number of thiophene rings is 1. The van der Waals surface area contributed by atoms with E-state index in [1.54, 1.807) is 21.7 Å². The summed E-state index contributed by atoms with van der Waals surface area (Å²) in [5.74, 6) is 0. The van der Waals surface area contributed by atoms with Gasteiger partial charge in [0.05, 0.1) is 4.90 Å². The van der Waals surface area contributed by atoms with E-state index in [2.05, 4.69) is 6.92 Å². The first-order valence-corrected chi connectivity index (χ1v) is 10.4. The van der Waals surface area contributed by atoms with Crippen LogP contribution in [0.1, 0.15) is 39.0 Å². The molecule has 1 saturated heterocycles. The zero-order valence-electron chi connectivity index (χ0n) is 12.8. The minimum Gasteiger partial charge on any atom is -0.207 e. The minimum atomic E-state index is -3.38. The molecular weight excluding hydrogens is 314 g/mol. The Morgan fingerprint density at radius 3 is 2.82 bits per heavy atom. The molecular formula is C17H21NO2S2. The standard InChI is InChI=1S/C17H21NO2S2/c1-2-14-11-17(7-3-8-17)12-18(14)22(19,20)15-5-4-13-6-9-21-16(13)10-15/h4-6,9-10,14H,2-3,7-8,11-12H2,1H3. The maximum atomic E-state index is 13.1. The minimum absolute atomic E-state index is 0.171. The van der Waals surface area contributed by atoms with Crippen LogP contribution in [0.4, 0.5) is 0 Å². The molecule has 1 saturated carbocycles. The fourth-order valence-electron chi connectivity index (χ4n) is 4.03. The molecule has 118 valence electrons. The fourth-order valence-corrected chi connectivity index (χ4v) is 6.77. The van der Waals surface area contributed by atoms with Crippen molar-refractivity contribution in [3.63, 3.8) is 0 Å².